The van der Waals surface area contributed by atoms with E-state index in [1.807, 2.05) is 32.0 Å². The van der Waals surface area contributed by atoms with Crippen molar-refractivity contribution >= 4 is 39.1 Å². The number of H-pyrrole nitrogens is 1. The van der Waals surface area contributed by atoms with Crippen molar-refractivity contribution in [3.05, 3.63) is 91.8 Å². The van der Waals surface area contributed by atoms with Crippen molar-refractivity contribution in [3.63, 3.8) is 0 Å². The molecule has 0 radical (unpaired) electrons. The number of aromatic nitrogens is 2. The van der Waals surface area contributed by atoms with Crippen molar-refractivity contribution in [3.8, 4) is 0 Å². The number of rotatable bonds is 5. The zero-order valence-corrected chi connectivity index (χ0v) is 18.6. The van der Waals surface area contributed by atoms with Crippen LogP contribution in [0.4, 0.5) is 5.69 Å². The van der Waals surface area contributed by atoms with Crippen molar-refractivity contribution < 1.29 is 14.3 Å². The van der Waals surface area contributed by atoms with Crippen LogP contribution in [0, 0.1) is 20.8 Å². The van der Waals surface area contributed by atoms with Gasteiger partial charge in [0.2, 0.25) is 0 Å². The molecule has 2 aromatic heterocycles. The third-order valence-electron chi connectivity index (χ3n) is 5.04. The Morgan fingerprint density at radius 3 is 2.56 bits per heavy atom. The molecular weight excluding hydrogens is 426 g/mol. The number of esters is 1. The van der Waals surface area contributed by atoms with Crippen LogP contribution in [0.15, 0.2) is 53.3 Å². The molecule has 0 spiro atoms. The van der Waals surface area contributed by atoms with Crippen molar-refractivity contribution in [1.82, 2.24) is 9.97 Å². The van der Waals surface area contributed by atoms with Gasteiger partial charge in [0, 0.05) is 5.69 Å². The molecular formula is C24H21N3O4S. The van der Waals surface area contributed by atoms with Gasteiger partial charge in [-0.2, -0.15) is 0 Å². The molecule has 0 aliphatic carbocycles. The van der Waals surface area contributed by atoms with Crippen LogP contribution in [0.1, 0.15) is 42.5 Å². The lowest BCUT2D eigenvalue weighted by Gasteiger charge is -2.08. The lowest BCUT2D eigenvalue weighted by atomic mass is 10.1. The van der Waals surface area contributed by atoms with Crippen molar-refractivity contribution in [2.24, 2.45) is 0 Å². The van der Waals surface area contributed by atoms with Crippen LogP contribution in [0.25, 0.3) is 10.2 Å². The molecule has 0 saturated carbocycles. The van der Waals surface area contributed by atoms with E-state index in [1.54, 1.807) is 37.3 Å². The lowest BCUT2D eigenvalue weighted by molar-refractivity contribution is 0.0462. The highest BCUT2D eigenvalue weighted by Gasteiger charge is 2.20. The summed E-state index contributed by atoms with van der Waals surface area (Å²) in [6.07, 6.45) is 0. The first-order valence-electron chi connectivity index (χ1n) is 9.96. The van der Waals surface area contributed by atoms with E-state index in [1.165, 1.54) is 0 Å². The molecule has 0 bridgehead atoms. The predicted octanol–water partition coefficient (Wildman–Crippen LogP) is 4.52. The Kier molecular flexibility index (Phi) is 5.87. The van der Waals surface area contributed by atoms with Crippen molar-refractivity contribution in [2.75, 3.05) is 5.32 Å². The van der Waals surface area contributed by atoms with Crippen LogP contribution in [-0.2, 0) is 11.3 Å². The number of carbonyl (C=O) groups is 2. The summed E-state index contributed by atoms with van der Waals surface area (Å²) in [7, 11) is 0. The minimum Gasteiger partial charge on any atom is -0.454 e. The summed E-state index contributed by atoms with van der Waals surface area (Å²) in [6, 6.07) is 14.3. The monoisotopic (exact) mass is 447 g/mol. The molecule has 162 valence electrons. The average Bonchev–Trinajstić information content (AvgIpc) is 3.11. The quantitative estimate of drug-likeness (QED) is 0.438. The molecule has 1 amide bonds. The van der Waals surface area contributed by atoms with E-state index in [2.05, 4.69) is 15.3 Å². The number of aromatic amines is 1. The highest BCUT2D eigenvalue weighted by atomic mass is 32.1. The number of thiophene rings is 1. The van der Waals surface area contributed by atoms with Crippen molar-refractivity contribution in [2.45, 2.75) is 27.4 Å². The maximum atomic E-state index is 12.9. The van der Waals surface area contributed by atoms with Crippen LogP contribution >= 0.6 is 11.3 Å². The maximum absolute atomic E-state index is 12.9. The van der Waals surface area contributed by atoms with Crippen LogP contribution in [-0.4, -0.2) is 21.8 Å². The summed E-state index contributed by atoms with van der Waals surface area (Å²) in [6.45, 7) is 5.46. The Hall–Kier alpha value is -3.78. The van der Waals surface area contributed by atoms with Crippen LogP contribution in [0.5, 0.6) is 0 Å². The van der Waals surface area contributed by atoms with E-state index >= 15 is 0 Å². The average molecular weight is 448 g/mol. The molecule has 8 heteroatoms. The molecule has 0 aliphatic rings. The number of nitrogens with zero attached hydrogens (tertiary/aromatic N) is 1. The van der Waals surface area contributed by atoms with E-state index < -0.39 is 5.97 Å². The highest BCUT2D eigenvalue weighted by molar-refractivity contribution is 7.20. The van der Waals surface area contributed by atoms with Gasteiger partial charge in [-0.15, -0.1) is 11.3 Å². The first kappa shape index (κ1) is 21.5. The number of benzene rings is 2. The number of amides is 1. The van der Waals surface area contributed by atoms with Gasteiger partial charge in [-0.05, 0) is 50.1 Å². The van der Waals surface area contributed by atoms with Gasteiger partial charge in [-0.1, -0.05) is 35.9 Å². The van der Waals surface area contributed by atoms with Gasteiger partial charge in [-0.25, -0.2) is 9.78 Å². The Balaban J connectivity index is 1.57. The molecule has 2 aromatic carbocycles. The van der Waals surface area contributed by atoms with Gasteiger partial charge in [0.15, 0.2) is 0 Å². The third-order valence-corrected chi connectivity index (χ3v) is 6.22. The van der Waals surface area contributed by atoms with E-state index in [0.29, 0.717) is 31.9 Å². The number of anilines is 1. The first-order valence-corrected chi connectivity index (χ1v) is 10.8. The number of nitrogens with one attached hydrogen (secondary N) is 2. The van der Waals surface area contributed by atoms with Crippen LogP contribution in [0.2, 0.25) is 0 Å². The fourth-order valence-corrected chi connectivity index (χ4v) is 4.49. The summed E-state index contributed by atoms with van der Waals surface area (Å²) < 4.78 is 5.26. The second-order valence-electron chi connectivity index (χ2n) is 7.46. The molecule has 0 aliphatic heterocycles. The van der Waals surface area contributed by atoms with Gasteiger partial charge in [0.05, 0.1) is 15.8 Å². The summed E-state index contributed by atoms with van der Waals surface area (Å²) in [4.78, 5) is 45.6. The second kappa shape index (κ2) is 8.76. The summed E-state index contributed by atoms with van der Waals surface area (Å²) in [5.74, 6) is -0.590. The molecule has 0 saturated heterocycles. The number of ether oxygens (including phenoxy) is 1. The molecule has 2 N–H and O–H groups in total. The first-order chi connectivity index (χ1) is 15.3. The SMILES string of the molecule is Cc1ccc(NC(=O)c2sc3nc(COC(=O)c4ccccc4)[nH]c(=O)c3c2C)c(C)c1. The lowest BCUT2D eigenvalue weighted by Crippen LogP contribution is -2.15. The van der Waals surface area contributed by atoms with Gasteiger partial charge in [0.25, 0.3) is 11.5 Å². The Morgan fingerprint density at radius 2 is 1.84 bits per heavy atom. The Bertz CT molecular complexity index is 1390. The van der Waals surface area contributed by atoms with Gasteiger partial charge >= 0.3 is 5.97 Å². The molecule has 7 nitrogen and oxygen atoms in total. The number of fused-ring (bicyclic) bond motifs is 1. The van der Waals surface area contributed by atoms with E-state index in [4.69, 9.17) is 4.74 Å². The zero-order valence-electron chi connectivity index (χ0n) is 17.8. The topological polar surface area (TPSA) is 101 Å². The largest absolute Gasteiger partial charge is 0.454 e. The third kappa shape index (κ3) is 4.31. The Labute approximate surface area is 188 Å². The van der Waals surface area contributed by atoms with Crippen LogP contribution in [0.3, 0.4) is 0 Å². The molecule has 0 atom stereocenters. The molecule has 0 fully saturated rings. The summed E-state index contributed by atoms with van der Waals surface area (Å²) in [5, 5.41) is 3.27. The van der Waals surface area contributed by atoms with Gasteiger partial charge in [0.1, 0.15) is 17.3 Å². The number of hydrogen-bond acceptors (Lipinski definition) is 6. The van der Waals surface area contributed by atoms with E-state index in [0.717, 1.165) is 22.5 Å². The molecule has 0 unspecified atom stereocenters. The highest BCUT2D eigenvalue weighted by Crippen LogP contribution is 2.28. The summed E-state index contributed by atoms with van der Waals surface area (Å²) >= 11 is 1.14. The van der Waals surface area contributed by atoms with Gasteiger partial charge in [-0.3, -0.25) is 9.59 Å². The fraction of sp³-hybridized carbons (Fsp3) is 0.167. The molecule has 4 aromatic rings. The van der Waals surface area contributed by atoms with Crippen LogP contribution < -0.4 is 10.9 Å². The smallest absolute Gasteiger partial charge is 0.338 e. The normalized spacial score (nSPS) is 10.8. The molecule has 32 heavy (non-hydrogen) atoms. The van der Waals surface area contributed by atoms with E-state index in [-0.39, 0.29) is 23.9 Å². The van der Waals surface area contributed by atoms with Crippen molar-refractivity contribution in [1.29, 1.82) is 0 Å². The zero-order chi connectivity index (χ0) is 22.8. The number of hydrogen-bond donors (Lipinski definition) is 2. The maximum Gasteiger partial charge on any atom is 0.338 e. The predicted molar refractivity (Wildman–Crippen MR) is 124 cm³/mol. The minimum absolute atomic E-state index is 0.181. The molecule has 4 rings (SSSR count). The number of aryl methyl sites for hydroxylation is 3. The number of carbonyl (C=O) groups excluding carboxylic acids is 2. The van der Waals surface area contributed by atoms with Gasteiger partial charge < -0.3 is 15.0 Å². The minimum atomic E-state index is -0.510. The molecule has 2 heterocycles. The standard InChI is InChI=1S/C24H21N3O4S/c1-13-9-10-17(14(2)11-13)25-22(29)20-15(3)19-21(28)26-18(27-23(19)32-20)12-31-24(30)16-7-5-4-6-8-16/h4-11H,12H2,1-3H3,(H,25,29)(H,26,27,28). The van der Waals surface area contributed by atoms with E-state index in [9.17, 15) is 14.4 Å². The summed E-state index contributed by atoms with van der Waals surface area (Å²) in [5.41, 5.74) is 3.38. The Morgan fingerprint density at radius 1 is 1.09 bits per heavy atom. The second-order valence-corrected chi connectivity index (χ2v) is 8.46. The fourth-order valence-electron chi connectivity index (χ4n) is 3.40.